The van der Waals surface area contributed by atoms with Crippen LogP contribution in [0.5, 0.6) is 0 Å². The minimum absolute atomic E-state index is 0.0257. The number of carbonyl (C=O) groups excluding carboxylic acids is 2. The van der Waals surface area contributed by atoms with Crippen LogP contribution in [0.25, 0.3) is 0 Å². The topological polar surface area (TPSA) is 70.2 Å². The van der Waals surface area contributed by atoms with Gasteiger partial charge in [0.1, 0.15) is 6.04 Å². The molecule has 1 atom stereocenters. The van der Waals surface area contributed by atoms with Gasteiger partial charge in [-0.05, 0) is 23.6 Å². The summed E-state index contributed by atoms with van der Waals surface area (Å²) in [7, 11) is 0. The molecule has 0 aliphatic rings. The van der Waals surface area contributed by atoms with E-state index in [2.05, 4.69) is 16.0 Å². The third-order valence-corrected chi connectivity index (χ3v) is 3.58. The Bertz CT molecular complexity index is 657. The molecule has 2 aromatic carbocycles. The first-order valence-corrected chi connectivity index (χ1v) is 8.00. The molecule has 0 saturated heterocycles. The van der Waals surface area contributed by atoms with E-state index in [0.717, 1.165) is 5.56 Å². The van der Waals surface area contributed by atoms with Crippen LogP contribution in [-0.4, -0.2) is 18.0 Å². The zero-order chi connectivity index (χ0) is 17.4. The Balaban J connectivity index is 1.90. The minimum atomic E-state index is -0.600. The molecule has 3 N–H and O–H groups in total. The Labute approximate surface area is 142 Å². The molecule has 0 saturated carbocycles. The number of amides is 3. The number of carbonyl (C=O) groups is 2. The summed E-state index contributed by atoms with van der Waals surface area (Å²) in [4.78, 5) is 24.5. The standard InChI is InChI=1S/C19H23N3O2/c1-14(2)17(18(23)20-13-15-9-5-3-6-10-15)22-19(24)21-16-11-7-4-8-12-16/h3-12,14,17H,13H2,1-2H3,(H,20,23)(H2,21,22,24)/t17-/m0/s1. The third kappa shape index (κ3) is 5.43. The summed E-state index contributed by atoms with van der Waals surface area (Å²) in [5, 5.41) is 8.33. The Morgan fingerprint density at radius 3 is 2.08 bits per heavy atom. The Kier molecular flexibility index (Phi) is 6.37. The van der Waals surface area contributed by atoms with Gasteiger partial charge in [0.2, 0.25) is 5.91 Å². The molecule has 126 valence electrons. The van der Waals surface area contributed by atoms with E-state index >= 15 is 0 Å². The SMILES string of the molecule is CC(C)[C@H](NC(=O)Nc1ccccc1)C(=O)NCc1ccccc1. The molecule has 2 aromatic rings. The maximum absolute atomic E-state index is 12.4. The second-order valence-corrected chi connectivity index (χ2v) is 5.89. The van der Waals surface area contributed by atoms with E-state index in [0.29, 0.717) is 12.2 Å². The molecule has 0 heterocycles. The summed E-state index contributed by atoms with van der Waals surface area (Å²) in [5.41, 5.74) is 1.70. The van der Waals surface area contributed by atoms with Gasteiger partial charge < -0.3 is 16.0 Å². The second kappa shape index (κ2) is 8.72. The Hall–Kier alpha value is -2.82. The van der Waals surface area contributed by atoms with Gasteiger partial charge in [-0.1, -0.05) is 62.4 Å². The third-order valence-electron chi connectivity index (χ3n) is 3.58. The molecule has 0 radical (unpaired) electrons. The van der Waals surface area contributed by atoms with Gasteiger partial charge in [-0.25, -0.2) is 4.79 Å². The molecule has 2 rings (SSSR count). The van der Waals surface area contributed by atoms with Crippen molar-refractivity contribution in [2.45, 2.75) is 26.4 Å². The zero-order valence-electron chi connectivity index (χ0n) is 14.0. The highest BCUT2D eigenvalue weighted by Crippen LogP contribution is 2.07. The molecule has 5 nitrogen and oxygen atoms in total. The van der Waals surface area contributed by atoms with Crippen LogP contribution in [-0.2, 0) is 11.3 Å². The second-order valence-electron chi connectivity index (χ2n) is 5.89. The van der Waals surface area contributed by atoms with Crippen LogP contribution in [0, 0.1) is 5.92 Å². The summed E-state index contributed by atoms with van der Waals surface area (Å²) in [6.07, 6.45) is 0. The Morgan fingerprint density at radius 2 is 1.50 bits per heavy atom. The predicted octanol–water partition coefficient (Wildman–Crippen LogP) is 3.15. The number of hydrogen-bond donors (Lipinski definition) is 3. The lowest BCUT2D eigenvalue weighted by molar-refractivity contribution is -0.124. The number of hydrogen-bond acceptors (Lipinski definition) is 2. The van der Waals surface area contributed by atoms with Crippen LogP contribution in [0.1, 0.15) is 19.4 Å². The molecule has 0 aliphatic carbocycles. The number of para-hydroxylation sites is 1. The molecule has 0 fully saturated rings. The zero-order valence-corrected chi connectivity index (χ0v) is 14.0. The van der Waals surface area contributed by atoms with Crippen molar-refractivity contribution in [2.24, 2.45) is 5.92 Å². The van der Waals surface area contributed by atoms with E-state index in [9.17, 15) is 9.59 Å². The largest absolute Gasteiger partial charge is 0.350 e. The van der Waals surface area contributed by atoms with Gasteiger partial charge in [0.15, 0.2) is 0 Å². The summed E-state index contributed by atoms with van der Waals surface area (Å²) in [6, 6.07) is 17.8. The predicted molar refractivity (Wildman–Crippen MR) is 95.5 cm³/mol. The highest BCUT2D eigenvalue weighted by molar-refractivity contribution is 5.93. The first-order valence-electron chi connectivity index (χ1n) is 8.00. The molecule has 24 heavy (non-hydrogen) atoms. The molecule has 0 bridgehead atoms. The van der Waals surface area contributed by atoms with Gasteiger partial charge in [0, 0.05) is 12.2 Å². The maximum atomic E-state index is 12.4. The van der Waals surface area contributed by atoms with Crippen LogP contribution in [0.4, 0.5) is 10.5 Å². The molecule has 5 heteroatoms. The number of anilines is 1. The minimum Gasteiger partial charge on any atom is -0.350 e. The molecule has 0 aromatic heterocycles. The summed E-state index contributed by atoms with van der Waals surface area (Å²) >= 11 is 0. The van der Waals surface area contributed by atoms with Gasteiger partial charge in [0.25, 0.3) is 0 Å². The quantitative estimate of drug-likeness (QED) is 0.763. The van der Waals surface area contributed by atoms with Crippen LogP contribution in [0.3, 0.4) is 0 Å². The smallest absolute Gasteiger partial charge is 0.319 e. The number of nitrogens with one attached hydrogen (secondary N) is 3. The molecular formula is C19H23N3O2. The molecule has 0 aliphatic heterocycles. The van der Waals surface area contributed by atoms with E-state index in [4.69, 9.17) is 0 Å². The number of urea groups is 1. The first-order chi connectivity index (χ1) is 11.6. The van der Waals surface area contributed by atoms with Crippen LogP contribution in [0.15, 0.2) is 60.7 Å². The van der Waals surface area contributed by atoms with Crippen molar-refractivity contribution in [3.8, 4) is 0 Å². The summed E-state index contributed by atoms with van der Waals surface area (Å²) < 4.78 is 0. The van der Waals surface area contributed by atoms with E-state index in [-0.39, 0.29) is 11.8 Å². The van der Waals surface area contributed by atoms with Crippen molar-refractivity contribution in [1.29, 1.82) is 0 Å². The summed E-state index contributed by atoms with van der Waals surface area (Å²) in [6.45, 7) is 4.23. The van der Waals surface area contributed by atoms with Gasteiger partial charge in [0.05, 0.1) is 0 Å². The van der Waals surface area contributed by atoms with Crippen molar-refractivity contribution >= 4 is 17.6 Å². The lowest BCUT2D eigenvalue weighted by Crippen LogP contribution is -2.50. The van der Waals surface area contributed by atoms with Crippen LogP contribution >= 0.6 is 0 Å². The number of benzene rings is 2. The lowest BCUT2D eigenvalue weighted by atomic mass is 10.0. The molecule has 0 unspecified atom stereocenters. The van der Waals surface area contributed by atoms with E-state index in [1.807, 2.05) is 62.4 Å². The Morgan fingerprint density at radius 1 is 0.917 bits per heavy atom. The fourth-order valence-electron chi connectivity index (χ4n) is 2.26. The van der Waals surface area contributed by atoms with Gasteiger partial charge in [-0.2, -0.15) is 0 Å². The average Bonchev–Trinajstić information content (AvgIpc) is 2.59. The van der Waals surface area contributed by atoms with Gasteiger partial charge >= 0.3 is 6.03 Å². The van der Waals surface area contributed by atoms with Gasteiger partial charge in [-0.15, -0.1) is 0 Å². The molecule has 3 amide bonds. The van der Waals surface area contributed by atoms with Crippen LogP contribution in [0.2, 0.25) is 0 Å². The lowest BCUT2D eigenvalue weighted by Gasteiger charge is -2.22. The van der Waals surface area contributed by atoms with Crippen molar-refractivity contribution in [3.63, 3.8) is 0 Å². The fraction of sp³-hybridized carbons (Fsp3) is 0.263. The molecular weight excluding hydrogens is 302 g/mol. The van der Waals surface area contributed by atoms with Crippen molar-refractivity contribution < 1.29 is 9.59 Å². The summed E-state index contributed by atoms with van der Waals surface area (Å²) in [5.74, 6) is -0.223. The first kappa shape index (κ1) is 17.5. The fourth-order valence-corrected chi connectivity index (χ4v) is 2.26. The van der Waals surface area contributed by atoms with E-state index in [1.165, 1.54) is 0 Å². The van der Waals surface area contributed by atoms with Crippen molar-refractivity contribution in [3.05, 3.63) is 66.2 Å². The monoisotopic (exact) mass is 325 g/mol. The van der Waals surface area contributed by atoms with E-state index in [1.54, 1.807) is 12.1 Å². The molecule has 0 spiro atoms. The normalized spacial score (nSPS) is 11.6. The maximum Gasteiger partial charge on any atom is 0.319 e. The van der Waals surface area contributed by atoms with Crippen molar-refractivity contribution in [1.82, 2.24) is 10.6 Å². The van der Waals surface area contributed by atoms with Gasteiger partial charge in [-0.3, -0.25) is 4.79 Å². The highest BCUT2D eigenvalue weighted by Gasteiger charge is 2.23. The van der Waals surface area contributed by atoms with E-state index < -0.39 is 12.1 Å². The number of rotatable bonds is 6. The van der Waals surface area contributed by atoms with Crippen LogP contribution < -0.4 is 16.0 Å². The van der Waals surface area contributed by atoms with Crippen molar-refractivity contribution in [2.75, 3.05) is 5.32 Å². The highest BCUT2D eigenvalue weighted by atomic mass is 16.2. The average molecular weight is 325 g/mol.